The molecule has 20 heavy (non-hydrogen) atoms. The quantitative estimate of drug-likeness (QED) is 0.777. The first-order valence-corrected chi connectivity index (χ1v) is 9.59. The molecule has 2 N–H and O–H groups in total. The summed E-state index contributed by atoms with van der Waals surface area (Å²) in [4.78, 5) is 18.9. The van der Waals surface area contributed by atoms with Gasteiger partial charge in [-0.05, 0) is 34.9 Å². The Hall–Kier alpha value is -0.410. The first-order valence-electron chi connectivity index (χ1n) is 6.96. The Morgan fingerprint density at radius 1 is 0.900 bits per heavy atom. The molecule has 0 radical (unpaired) electrons. The Labute approximate surface area is 127 Å². The third kappa shape index (κ3) is 4.29. The van der Waals surface area contributed by atoms with E-state index in [2.05, 4.69) is 53.3 Å². The molecule has 0 unspecified atom stereocenters. The second-order valence-electron chi connectivity index (χ2n) is 6.03. The van der Waals surface area contributed by atoms with Gasteiger partial charge < -0.3 is 14.3 Å². The molecule has 0 bridgehead atoms. The first-order chi connectivity index (χ1) is 9.04. The van der Waals surface area contributed by atoms with Crippen LogP contribution in [0.4, 0.5) is 0 Å². The highest BCUT2D eigenvalue weighted by Gasteiger charge is 2.23. The fourth-order valence-electron chi connectivity index (χ4n) is 2.58. The lowest BCUT2D eigenvalue weighted by molar-refractivity contribution is 0.368. The maximum atomic E-state index is 9.44. The number of hydrogen-bond donors (Lipinski definition) is 2. The van der Waals surface area contributed by atoms with Crippen molar-refractivity contribution in [3.05, 3.63) is 28.8 Å². The van der Waals surface area contributed by atoms with Gasteiger partial charge in [-0.2, -0.15) is 0 Å². The number of hydrogen-bond acceptors (Lipinski definition) is 2. The molecule has 1 rings (SSSR count). The Kier molecular flexibility index (Phi) is 5.79. The SMILES string of the molecule is CC(C)c1ccc(OP(O)(O)=S)c(C(C)C)c1C(C)C. The Morgan fingerprint density at radius 2 is 1.40 bits per heavy atom. The summed E-state index contributed by atoms with van der Waals surface area (Å²) < 4.78 is 5.26. The molecule has 0 spiro atoms. The molecule has 0 amide bonds. The van der Waals surface area contributed by atoms with E-state index in [1.807, 2.05) is 12.1 Å². The van der Waals surface area contributed by atoms with Crippen LogP contribution in [0, 0.1) is 0 Å². The highest BCUT2D eigenvalue weighted by molar-refractivity contribution is 8.06. The first kappa shape index (κ1) is 17.6. The summed E-state index contributed by atoms with van der Waals surface area (Å²) in [7, 11) is 0. The maximum absolute atomic E-state index is 9.44. The van der Waals surface area contributed by atoms with Crippen molar-refractivity contribution >= 4 is 18.5 Å². The molecule has 5 heteroatoms. The van der Waals surface area contributed by atoms with E-state index in [-0.39, 0.29) is 5.92 Å². The minimum Gasteiger partial charge on any atom is -0.424 e. The lowest BCUT2D eigenvalue weighted by atomic mass is 9.83. The Bertz CT molecular complexity index is 518. The van der Waals surface area contributed by atoms with Crippen LogP contribution in [0.15, 0.2) is 12.1 Å². The highest BCUT2D eigenvalue weighted by atomic mass is 32.5. The van der Waals surface area contributed by atoms with Crippen molar-refractivity contribution in [1.29, 1.82) is 0 Å². The fraction of sp³-hybridized carbons (Fsp3) is 0.600. The molecule has 0 saturated carbocycles. The minimum atomic E-state index is -3.71. The molecule has 114 valence electrons. The van der Waals surface area contributed by atoms with Crippen molar-refractivity contribution in [1.82, 2.24) is 0 Å². The topological polar surface area (TPSA) is 49.7 Å². The van der Waals surface area contributed by atoms with E-state index in [0.29, 0.717) is 17.6 Å². The fourth-order valence-corrected chi connectivity index (χ4v) is 3.24. The third-order valence-corrected chi connectivity index (χ3v) is 3.93. The average molecular weight is 316 g/mol. The van der Waals surface area contributed by atoms with E-state index in [9.17, 15) is 9.79 Å². The molecular formula is C15H25O3PS. The van der Waals surface area contributed by atoms with Crippen LogP contribution in [0.1, 0.15) is 76.0 Å². The molecule has 0 saturated heterocycles. The zero-order chi connectivity index (χ0) is 15.7. The summed E-state index contributed by atoms with van der Waals surface area (Å²) >= 11 is 4.61. The standard InChI is InChI=1S/C15H25O3PS/c1-9(2)12-7-8-13(18-19(16,17)20)15(11(5)6)14(12)10(3)4/h7-11H,1-6H3,(H2,16,17,20). The van der Waals surface area contributed by atoms with Gasteiger partial charge in [0.25, 0.3) is 0 Å². The number of benzene rings is 1. The van der Waals surface area contributed by atoms with Gasteiger partial charge in [0.2, 0.25) is 0 Å². The van der Waals surface area contributed by atoms with Gasteiger partial charge in [0.1, 0.15) is 5.75 Å². The van der Waals surface area contributed by atoms with Crippen LogP contribution >= 0.6 is 6.72 Å². The Morgan fingerprint density at radius 3 is 1.75 bits per heavy atom. The minimum absolute atomic E-state index is 0.225. The van der Waals surface area contributed by atoms with Crippen molar-refractivity contribution in [2.45, 2.75) is 59.3 Å². The summed E-state index contributed by atoms with van der Waals surface area (Å²) in [6.45, 7) is 9.06. The van der Waals surface area contributed by atoms with Gasteiger partial charge in [-0.3, -0.25) is 0 Å². The molecular weight excluding hydrogens is 291 g/mol. The van der Waals surface area contributed by atoms with Gasteiger partial charge in [-0.1, -0.05) is 47.6 Å². The van der Waals surface area contributed by atoms with E-state index in [1.54, 1.807) is 0 Å². The van der Waals surface area contributed by atoms with Gasteiger partial charge in [0.15, 0.2) is 0 Å². The van der Waals surface area contributed by atoms with E-state index in [0.717, 1.165) is 5.56 Å². The van der Waals surface area contributed by atoms with E-state index >= 15 is 0 Å². The van der Waals surface area contributed by atoms with E-state index in [1.165, 1.54) is 11.1 Å². The lowest BCUT2D eigenvalue weighted by Crippen LogP contribution is -2.08. The molecule has 0 fully saturated rings. The summed E-state index contributed by atoms with van der Waals surface area (Å²) in [5, 5.41) is 0. The van der Waals surface area contributed by atoms with Crippen LogP contribution in [0.3, 0.4) is 0 Å². The molecule has 0 aromatic heterocycles. The van der Waals surface area contributed by atoms with Crippen molar-refractivity contribution in [2.75, 3.05) is 0 Å². The predicted molar refractivity (Wildman–Crippen MR) is 88.1 cm³/mol. The molecule has 0 heterocycles. The average Bonchev–Trinajstić information content (AvgIpc) is 2.24. The second-order valence-corrected chi connectivity index (χ2v) is 8.62. The van der Waals surface area contributed by atoms with Crippen LogP contribution < -0.4 is 4.52 Å². The second kappa shape index (κ2) is 6.57. The van der Waals surface area contributed by atoms with Crippen molar-refractivity contribution < 1.29 is 14.3 Å². The molecule has 0 aliphatic rings. The monoisotopic (exact) mass is 316 g/mol. The zero-order valence-electron chi connectivity index (χ0n) is 13.0. The maximum Gasteiger partial charge on any atom is 0.375 e. The van der Waals surface area contributed by atoms with Gasteiger partial charge in [0.05, 0.1) is 0 Å². The molecule has 1 aromatic carbocycles. The van der Waals surface area contributed by atoms with Crippen LogP contribution in [0.5, 0.6) is 5.75 Å². The van der Waals surface area contributed by atoms with Crippen molar-refractivity contribution in [3.8, 4) is 5.75 Å². The molecule has 0 aliphatic carbocycles. The van der Waals surface area contributed by atoms with Gasteiger partial charge >= 0.3 is 6.72 Å². The lowest BCUT2D eigenvalue weighted by Gasteiger charge is -2.25. The molecule has 0 atom stereocenters. The predicted octanol–water partition coefficient (Wildman–Crippen LogP) is 4.64. The third-order valence-electron chi connectivity index (χ3n) is 3.27. The van der Waals surface area contributed by atoms with Gasteiger partial charge in [0, 0.05) is 17.4 Å². The summed E-state index contributed by atoms with van der Waals surface area (Å²) in [6.07, 6.45) is 0. The molecule has 1 aromatic rings. The molecule has 0 aliphatic heterocycles. The smallest absolute Gasteiger partial charge is 0.375 e. The largest absolute Gasteiger partial charge is 0.424 e. The highest BCUT2D eigenvalue weighted by Crippen LogP contribution is 2.45. The van der Waals surface area contributed by atoms with Crippen molar-refractivity contribution in [2.24, 2.45) is 0 Å². The van der Waals surface area contributed by atoms with E-state index < -0.39 is 6.72 Å². The summed E-state index contributed by atoms with van der Waals surface area (Å²) in [5.41, 5.74) is 3.54. The normalized spacial score (nSPS) is 12.6. The summed E-state index contributed by atoms with van der Waals surface area (Å²) in [6, 6.07) is 3.82. The Balaban J connectivity index is 3.56. The van der Waals surface area contributed by atoms with Crippen LogP contribution in [-0.2, 0) is 11.8 Å². The van der Waals surface area contributed by atoms with Gasteiger partial charge in [-0.15, -0.1) is 0 Å². The number of rotatable bonds is 5. The summed E-state index contributed by atoms with van der Waals surface area (Å²) in [5.74, 6) is 1.47. The van der Waals surface area contributed by atoms with Crippen molar-refractivity contribution in [3.63, 3.8) is 0 Å². The van der Waals surface area contributed by atoms with Crippen LogP contribution in [0.2, 0.25) is 0 Å². The van der Waals surface area contributed by atoms with Gasteiger partial charge in [-0.25, -0.2) is 0 Å². The zero-order valence-corrected chi connectivity index (χ0v) is 14.8. The van der Waals surface area contributed by atoms with Crippen LogP contribution in [-0.4, -0.2) is 9.79 Å². The molecule has 3 nitrogen and oxygen atoms in total. The van der Waals surface area contributed by atoms with Crippen LogP contribution in [0.25, 0.3) is 0 Å². The van der Waals surface area contributed by atoms with E-state index in [4.69, 9.17) is 4.52 Å².